The van der Waals surface area contributed by atoms with Gasteiger partial charge in [-0.2, -0.15) is 0 Å². The van der Waals surface area contributed by atoms with Gasteiger partial charge in [0.1, 0.15) is 11.4 Å². The van der Waals surface area contributed by atoms with Crippen LogP contribution in [0.1, 0.15) is 11.1 Å². The molecule has 0 radical (unpaired) electrons. The average molecular weight is 462 g/mol. The molecule has 1 N–H and O–H groups in total. The van der Waals surface area contributed by atoms with Crippen molar-refractivity contribution in [3.63, 3.8) is 0 Å². The molecule has 0 aromatic heterocycles. The summed E-state index contributed by atoms with van der Waals surface area (Å²) in [6, 6.07) is 19.8. The maximum atomic E-state index is 13.7. The zero-order valence-electron chi connectivity index (χ0n) is 18.8. The highest BCUT2D eigenvalue weighted by Gasteiger charge is 2.41. The number of anilines is 3. The minimum atomic E-state index is -0.446. The molecule has 7 heteroatoms. The van der Waals surface area contributed by atoms with Crippen LogP contribution in [-0.4, -0.2) is 33.0 Å². The lowest BCUT2D eigenvalue weighted by atomic mass is 10.0. The summed E-state index contributed by atoms with van der Waals surface area (Å²) in [7, 11) is 5.39. The lowest BCUT2D eigenvalue weighted by Gasteiger charge is -2.18. The largest absolute Gasteiger partial charge is 0.496 e. The number of para-hydroxylation sites is 1. The summed E-state index contributed by atoms with van der Waals surface area (Å²) in [6.45, 7) is 1.85. The van der Waals surface area contributed by atoms with Gasteiger partial charge in [0.05, 0.1) is 18.4 Å². The summed E-state index contributed by atoms with van der Waals surface area (Å²) in [4.78, 5) is 30.4. The van der Waals surface area contributed by atoms with E-state index in [0.29, 0.717) is 27.7 Å². The SMILES string of the molecule is COc1ccccc1C1=C(Nc2cccc(Cl)c2C)C(=O)N(c2ccc(N(C)C)cc2)C1=O. The summed E-state index contributed by atoms with van der Waals surface area (Å²) < 4.78 is 5.50. The van der Waals surface area contributed by atoms with E-state index in [-0.39, 0.29) is 11.3 Å². The van der Waals surface area contributed by atoms with Crippen molar-refractivity contribution in [1.29, 1.82) is 0 Å². The Hall–Kier alpha value is -3.77. The van der Waals surface area contributed by atoms with Crippen LogP contribution in [0, 0.1) is 6.92 Å². The maximum Gasteiger partial charge on any atom is 0.282 e. The lowest BCUT2D eigenvalue weighted by Crippen LogP contribution is -2.32. The first-order valence-electron chi connectivity index (χ1n) is 10.4. The normalized spacial score (nSPS) is 13.5. The van der Waals surface area contributed by atoms with Crippen LogP contribution in [0.5, 0.6) is 5.75 Å². The number of nitrogens with one attached hydrogen (secondary N) is 1. The van der Waals surface area contributed by atoms with Crippen LogP contribution in [0.2, 0.25) is 5.02 Å². The first kappa shape index (κ1) is 22.4. The van der Waals surface area contributed by atoms with Crippen LogP contribution in [0.15, 0.2) is 72.4 Å². The Labute approximate surface area is 198 Å². The summed E-state index contributed by atoms with van der Waals surface area (Å²) >= 11 is 6.29. The molecule has 33 heavy (non-hydrogen) atoms. The molecule has 0 saturated heterocycles. The predicted octanol–water partition coefficient (Wildman–Crippen LogP) is 5.12. The zero-order chi connectivity index (χ0) is 23.7. The zero-order valence-corrected chi connectivity index (χ0v) is 19.6. The van der Waals surface area contributed by atoms with E-state index in [4.69, 9.17) is 16.3 Å². The Morgan fingerprint density at radius 3 is 2.27 bits per heavy atom. The number of hydrogen-bond donors (Lipinski definition) is 1. The number of benzene rings is 3. The van der Waals surface area contributed by atoms with Gasteiger partial charge < -0.3 is 15.0 Å². The van der Waals surface area contributed by atoms with Crippen molar-refractivity contribution >= 4 is 46.1 Å². The van der Waals surface area contributed by atoms with Gasteiger partial charge in [-0.25, -0.2) is 4.90 Å². The van der Waals surface area contributed by atoms with Crippen molar-refractivity contribution < 1.29 is 14.3 Å². The second kappa shape index (κ2) is 9.00. The second-order valence-electron chi connectivity index (χ2n) is 7.84. The quantitative estimate of drug-likeness (QED) is 0.516. The van der Waals surface area contributed by atoms with Gasteiger partial charge in [-0.05, 0) is 55.0 Å². The highest BCUT2D eigenvalue weighted by molar-refractivity contribution is 6.46. The van der Waals surface area contributed by atoms with Crippen molar-refractivity contribution in [1.82, 2.24) is 0 Å². The van der Waals surface area contributed by atoms with Crippen molar-refractivity contribution in [2.75, 3.05) is 36.3 Å². The minimum absolute atomic E-state index is 0.173. The fourth-order valence-corrected chi connectivity index (χ4v) is 3.93. The van der Waals surface area contributed by atoms with Crippen LogP contribution in [0.25, 0.3) is 5.57 Å². The number of methoxy groups -OCH3 is 1. The third-order valence-electron chi connectivity index (χ3n) is 5.61. The Morgan fingerprint density at radius 1 is 0.909 bits per heavy atom. The van der Waals surface area contributed by atoms with E-state index < -0.39 is 11.8 Å². The Balaban J connectivity index is 1.85. The van der Waals surface area contributed by atoms with Gasteiger partial charge in [-0.15, -0.1) is 0 Å². The minimum Gasteiger partial charge on any atom is -0.496 e. The van der Waals surface area contributed by atoms with E-state index in [1.54, 1.807) is 42.5 Å². The molecule has 0 saturated carbocycles. The number of hydrogen-bond acceptors (Lipinski definition) is 5. The van der Waals surface area contributed by atoms with Crippen LogP contribution >= 0.6 is 11.6 Å². The topological polar surface area (TPSA) is 61.9 Å². The molecule has 1 aliphatic heterocycles. The summed E-state index contributed by atoms with van der Waals surface area (Å²) in [5.74, 6) is -0.372. The fraction of sp³-hybridized carbons (Fsp3) is 0.154. The molecule has 0 bridgehead atoms. The smallest absolute Gasteiger partial charge is 0.282 e. The molecule has 2 amide bonds. The average Bonchev–Trinajstić information content (AvgIpc) is 3.06. The molecule has 1 aliphatic rings. The summed E-state index contributed by atoms with van der Waals surface area (Å²) in [5, 5.41) is 3.74. The number of imide groups is 1. The van der Waals surface area contributed by atoms with Gasteiger partial charge in [-0.1, -0.05) is 35.9 Å². The third-order valence-corrected chi connectivity index (χ3v) is 6.02. The van der Waals surface area contributed by atoms with Crippen molar-refractivity contribution in [3.8, 4) is 5.75 Å². The number of nitrogens with zero attached hydrogens (tertiary/aromatic N) is 2. The van der Waals surface area contributed by atoms with E-state index in [2.05, 4.69) is 5.32 Å². The first-order chi connectivity index (χ1) is 15.8. The molecule has 1 heterocycles. The second-order valence-corrected chi connectivity index (χ2v) is 8.25. The highest BCUT2D eigenvalue weighted by Crippen LogP contribution is 2.38. The van der Waals surface area contributed by atoms with Crippen LogP contribution < -0.4 is 19.9 Å². The number of halogens is 1. The Bertz CT molecular complexity index is 1270. The number of carbonyl (C=O) groups is 2. The van der Waals surface area contributed by atoms with Crippen LogP contribution in [0.4, 0.5) is 17.1 Å². The molecular formula is C26H24ClN3O3. The predicted molar refractivity (Wildman–Crippen MR) is 133 cm³/mol. The van der Waals surface area contributed by atoms with Crippen molar-refractivity contribution in [3.05, 3.63) is 88.6 Å². The first-order valence-corrected chi connectivity index (χ1v) is 10.8. The standard InChI is InChI=1S/C26H24ClN3O3/c1-16-20(27)9-7-10-21(16)28-24-23(19-8-5-6-11-22(19)33-4)25(31)30(26(24)32)18-14-12-17(13-15-18)29(2)3/h5-15,28H,1-4H3. The van der Waals surface area contributed by atoms with E-state index in [0.717, 1.165) is 11.3 Å². The maximum absolute atomic E-state index is 13.7. The van der Waals surface area contributed by atoms with Crippen LogP contribution in [-0.2, 0) is 9.59 Å². The van der Waals surface area contributed by atoms with E-state index in [9.17, 15) is 9.59 Å². The van der Waals surface area contributed by atoms with E-state index in [1.165, 1.54) is 12.0 Å². The summed E-state index contributed by atoms with van der Waals surface area (Å²) in [6.07, 6.45) is 0. The Morgan fingerprint density at radius 2 is 1.61 bits per heavy atom. The molecular weight excluding hydrogens is 438 g/mol. The molecule has 0 unspecified atom stereocenters. The van der Waals surface area contributed by atoms with Gasteiger partial charge >= 0.3 is 0 Å². The number of ether oxygens (including phenoxy) is 1. The number of amides is 2. The molecule has 4 rings (SSSR count). The van der Waals surface area contributed by atoms with Gasteiger partial charge in [0.15, 0.2) is 0 Å². The van der Waals surface area contributed by atoms with Crippen LogP contribution in [0.3, 0.4) is 0 Å². The van der Waals surface area contributed by atoms with E-state index in [1.807, 2.05) is 50.2 Å². The number of rotatable bonds is 6. The molecule has 0 aliphatic carbocycles. The van der Waals surface area contributed by atoms with E-state index >= 15 is 0 Å². The van der Waals surface area contributed by atoms with Gasteiger partial charge in [0.25, 0.3) is 11.8 Å². The van der Waals surface area contributed by atoms with Crippen molar-refractivity contribution in [2.24, 2.45) is 0 Å². The molecule has 3 aromatic rings. The van der Waals surface area contributed by atoms with Gasteiger partial charge in [0.2, 0.25) is 0 Å². The lowest BCUT2D eigenvalue weighted by molar-refractivity contribution is -0.120. The molecule has 6 nitrogen and oxygen atoms in total. The molecule has 0 atom stereocenters. The molecule has 0 fully saturated rings. The molecule has 168 valence electrons. The van der Waals surface area contributed by atoms with Gasteiger partial charge in [-0.3, -0.25) is 9.59 Å². The van der Waals surface area contributed by atoms with Gasteiger partial charge in [0, 0.05) is 36.1 Å². The molecule has 0 spiro atoms. The molecule has 3 aromatic carbocycles. The van der Waals surface area contributed by atoms with Crippen molar-refractivity contribution in [2.45, 2.75) is 6.92 Å². The Kier molecular flexibility index (Phi) is 6.11. The third kappa shape index (κ3) is 4.05. The number of carbonyl (C=O) groups excluding carboxylic acids is 2. The highest BCUT2D eigenvalue weighted by atomic mass is 35.5. The summed E-state index contributed by atoms with van der Waals surface area (Å²) in [5.41, 5.74) is 3.83. The fourth-order valence-electron chi connectivity index (χ4n) is 3.76. The monoisotopic (exact) mass is 461 g/mol.